The van der Waals surface area contributed by atoms with Gasteiger partial charge in [0.2, 0.25) is 0 Å². The maximum absolute atomic E-state index is 13.6. The molecular weight excluding hydrogens is 426 g/mol. The Balaban J connectivity index is 2.06. The molecule has 0 aromatic heterocycles. The van der Waals surface area contributed by atoms with E-state index in [0.29, 0.717) is 35.6 Å². The summed E-state index contributed by atoms with van der Waals surface area (Å²) in [6.07, 6.45) is 0.484. The van der Waals surface area contributed by atoms with Gasteiger partial charge in [0.25, 0.3) is 0 Å². The second-order valence-electron chi connectivity index (χ2n) is 8.14. The first-order valence-electron chi connectivity index (χ1n) is 11.1. The summed E-state index contributed by atoms with van der Waals surface area (Å²) in [5, 5.41) is 3.24. The number of carbonyl (C=O) groups excluding carboxylic acids is 3. The molecule has 0 spiro atoms. The molecule has 0 fully saturated rings. The molecule has 1 N–H and O–H groups in total. The van der Waals surface area contributed by atoms with Crippen LogP contribution < -0.4 is 10.1 Å². The van der Waals surface area contributed by atoms with Crippen molar-refractivity contribution in [1.29, 1.82) is 0 Å². The Bertz CT molecular complexity index is 977. The lowest BCUT2D eigenvalue weighted by Gasteiger charge is -2.38. The lowest BCUT2D eigenvalue weighted by atomic mass is 9.69. The van der Waals surface area contributed by atoms with Gasteiger partial charge in [0.05, 0.1) is 26.4 Å². The lowest BCUT2D eigenvalue weighted by molar-refractivity contribution is -0.151. The average Bonchev–Trinajstić information content (AvgIpc) is 2.80. The number of ketones is 1. The van der Waals surface area contributed by atoms with Crippen molar-refractivity contribution in [3.63, 3.8) is 0 Å². The van der Waals surface area contributed by atoms with E-state index in [1.165, 1.54) is 7.11 Å². The molecule has 0 radical (unpaired) electrons. The number of ether oxygens (including phenoxy) is 4. The van der Waals surface area contributed by atoms with E-state index in [9.17, 15) is 14.4 Å². The van der Waals surface area contributed by atoms with Crippen molar-refractivity contribution in [3.8, 4) is 5.75 Å². The van der Waals surface area contributed by atoms with E-state index in [-0.39, 0.29) is 24.9 Å². The number of Topliss-reactive ketones (excluding diaryl/α,β-unsaturated/α-hetero) is 1. The standard InChI is InChI=1S/C25H31NO7/c1-6-32-11-12-33-25(29)20-15(3)26-18-13-14(2)19(24(28)31-5)23(27)22(18)21(20)16-7-9-17(30-4)10-8-16/h7-10,14,19,21,26H,6,11-13H2,1-5H3/t14-,19+,21-/m0/s1. The predicted octanol–water partition coefficient (Wildman–Crippen LogP) is 2.89. The van der Waals surface area contributed by atoms with Crippen molar-refractivity contribution in [2.45, 2.75) is 33.1 Å². The number of dihydropyridines is 1. The summed E-state index contributed by atoms with van der Waals surface area (Å²) in [4.78, 5) is 39.3. The van der Waals surface area contributed by atoms with Crippen LogP contribution in [0.2, 0.25) is 0 Å². The molecule has 1 aliphatic heterocycles. The Hall–Kier alpha value is -3.13. The van der Waals surface area contributed by atoms with Crippen LogP contribution in [0.15, 0.2) is 46.8 Å². The quantitative estimate of drug-likeness (QED) is 0.361. The van der Waals surface area contributed by atoms with Gasteiger partial charge in [-0.15, -0.1) is 0 Å². The van der Waals surface area contributed by atoms with Crippen LogP contribution in [0.3, 0.4) is 0 Å². The monoisotopic (exact) mass is 457 g/mol. The van der Waals surface area contributed by atoms with Crippen LogP contribution in [0, 0.1) is 11.8 Å². The van der Waals surface area contributed by atoms with Gasteiger partial charge in [-0.2, -0.15) is 0 Å². The number of hydrogen-bond acceptors (Lipinski definition) is 8. The van der Waals surface area contributed by atoms with E-state index in [4.69, 9.17) is 18.9 Å². The highest BCUT2D eigenvalue weighted by Gasteiger charge is 2.47. The van der Waals surface area contributed by atoms with Crippen LogP contribution >= 0.6 is 0 Å². The minimum atomic E-state index is -0.926. The Morgan fingerprint density at radius 3 is 2.42 bits per heavy atom. The Labute approximate surface area is 193 Å². The van der Waals surface area contributed by atoms with Crippen molar-refractivity contribution >= 4 is 17.7 Å². The third-order valence-electron chi connectivity index (χ3n) is 6.08. The number of rotatable bonds is 8. The zero-order valence-corrected chi connectivity index (χ0v) is 19.7. The van der Waals surface area contributed by atoms with E-state index < -0.39 is 23.8 Å². The lowest BCUT2D eigenvalue weighted by Crippen LogP contribution is -2.43. The number of allylic oxidation sites excluding steroid dienone is 3. The summed E-state index contributed by atoms with van der Waals surface area (Å²) >= 11 is 0. The maximum Gasteiger partial charge on any atom is 0.336 e. The topological polar surface area (TPSA) is 100 Å². The molecule has 1 aliphatic carbocycles. The molecule has 8 heteroatoms. The van der Waals surface area contributed by atoms with Gasteiger partial charge in [-0.05, 0) is 43.9 Å². The second-order valence-corrected chi connectivity index (χ2v) is 8.14. The van der Waals surface area contributed by atoms with E-state index in [2.05, 4.69) is 5.32 Å². The smallest absolute Gasteiger partial charge is 0.336 e. The molecule has 3 rings (SSSR count). The van der Waals surface area contributed by atoms with Crippen molar-refractivity contribution in [1.82, 2.24) is 5.32 Å². The summed E-state index contributed by atoms with van der Waals surface area (Å²) in [6.45, 7) is 6.41. The number of nitrogens with one attached hydrogen (secondary N) is 1. The zero-order valence-electron chi connectivity index (χ0n) is 19.7. The van der Waals surface area contributed by atoms with Crippen molar-refractivity contribution in [2.24, 2.45) is 11.8 Å². The predicted molar refractivity (Wildman–Crippen MR) is 120 cm³/mol. The molecule has 0 unspecified atom stereocenters. The molecule has 0 saturated heterocycles. The van der Waals surface area contributed by atoms with Crippen LogP contribution in [0.1, 0.15) is 38.7 Å². The fraction of sp³-hybridized carbons (Fsp3) is 0.480. The molecule has 0 amide bonds. The Kier molecular flexibility index (Phi) is 7.92. The molecule has 8 nitrogen and oxygen atoms in total. The van der Waals surface area contributed by atoms with Crippen molar-refractivity contribution in [2.75, 3.05) is 34.0 Å². The maximum atomic E-state index is 13.6. The summed E-state index contributed by atoms with van der Waals surface area (Å²) in [5.74, 6) is -2.63. The van der Waals surface area contributed by atoms with Crippen molar-refractivity contribution in [3.05, 3.63) is 52.4 Å². The number of benzene rings is 1. The molecular formula is C25H31NO7. The molecule has 1 aromatic rings. The zero-order chi connectivity index (χ0) is 24.1. The second kappa shape index (κ2) is 10.7. The minimum absolute atomic E-state index is 0.0977. The first kappa shape index (κ1) is 24.5. The third kappa shape index (κ3) is 4.95. The normalized spacial score (nSPS) is 22.5. The fourth-order valence-electron chi connectivity index (χ4n) is 4.50. The average molecular weight is 458 g/mol. The van der Waals surface area contributed by atoms with Gasteiger partial charge in [0, 0.05) is 29.5 Å². The number of carbonyl (C=O) groups is 3. The van der Waals surface area contributed by atoms with Gasteiger partial charge in [-0.3, -0.25) is 9.59 Å². The Morgan fingerprint density at radius 1 is 1.12 bits per heavy atom. The van der Waals surface area contributed by atoms with E-state index in [0.717, 1.165) is 11.3 Å². The number of methoxy groups -OCH3 is 2. The largest absolute Gasteiger partial charge is 0.497 e. The molecule has 1 heterocycles. The fourth-order valence-corrected chi connectivity index (χ4v) is 4.50. The summed E-state index contributed by atoms with van der Waals surface area (Å²) in [7, 11) is 2.84. The van der Waals surface area contributed by atoms with Crippen molar-refractivity contribution < 1.29 is 33.3 Å². The van der Waals surface area contributed by atoms with Gasteiger partial charge in [0.15, 0.2) is 5.78 Å². The first-order chi connectivity index (χ1) is 15.8. The molecule has 2 aliphatic rings. The molecule has 178 valence electrons. The molecule has 33 heavy (non-hydrogen) atoms. The molecule has 3 atom stereocenters. The van der Waals surface area contributed by atoms with Crippen LogP contribution in [0.25, 0.3) is 0 Å². The SMILES string of the molecule is CCOCCOC(=O)C1=C(C)NC2=C(C(=O)[C@H](C(=O)OC)[C@@H](C)C2)[C@H]1c1ccc(OC)cc1. The van der Waals surface area contributed by atoms with Crippen LogP contribution in [-0.2, 0) is 28.6 Å². The molecule has 1 aromatic carbocycles. The highest BCUT2D eigenvalue weighted by atomic mass is 16.6. The highest BCUT2D eigenvalue weighted by Crippen LogP contribution is 2.45. The van der Waals surface area contributed by atoms with E-state index in [1.807, 2.05) is 26.0 Å². The third-order valence-corrected chi connectivity index (χ3v) is 6.08. The number of esters is 2. The van der Waals surface area contributed by atoms with Gasteiger partial charge >= 0.3 is 11.9 Å². The van der Waals surface area contributed by atoms with E-state index in [1.54, 1.807) is 26.2 Å². The Morgan fingerprint density at radius 2 is 1.82 bits per heavy atom. The minimum Gasteiger partial charge on any atom is -0.497 e. The molecule has 0 bridgehead atoms. The van der Waals surface area contributed by atoms with Gasteiger partial charge in [-0.1, -0.05) is 19.1 Å². The van der Waals surface area contributed by atoms with Crippen LogP contribution in [0.5, 0.6) is 5.75 Å². The summed E-state index contributed by atoms with van der Waals surface area (Å²) in [5.41, 5.74) is 2.80. The van der Waals surface area contributed by atoms with Crippen LogP contribution in [0.4, 0.5) is 0 Å². The van der Waals surface area contributed by atoms with Gasteiger partial charge < -0.3 is 24.3 Å². The highest BCUT2D eigenvalue weighted by molar-refractivity contribution is 6.12. The number of hydrogen-bond donors (Lipinski definition) is 1. The van der Waals surface area contributed by atoms with Gasteiger partial charge in [0.1, 0.15) is 18.3 Å². The van der Waals surface area contributed by atoms with Gasteiger partial charge in [-0.25, -0.2) is 4.79 Å². The van der Waals surface area contributed by atoms with Crippen LogP contribution in [-0.4, -0.2) is 51.8 Å². The van der Waals surface area contributed by atoms with E-state index >= 15 is 0 Å². The first-order valence-corrected chi connectivity index (χ1v) is 11.1. The summed E-state index contributed by atoms with van der Waals surface area (Å²) < 4.78 is 20.9. The summed E-state index contributed by atoms with van der Waals surface area (Å²) in [6, 6.07) is 7.19. The molecule has 0 saturated carbocycles.